The van der Waals surface area contributed by atoms with Gasteiger partial charge in [-0.05, 0) is 36.3 Å². The van der Waals surface area contributed by atoms with Crippen LogP contribution in [0.1, 0.15) is 18.1 Å². The normalized spacial score (nSPS) is 14.5. The Morgan fingerprint density at radius 1 is 1.55 bits per heavy atom. The van der Waals surface area contributed by atoms with E-state index in [-0.39, 0.29) is 5.97 Å². The average Bonchev–Trinajstić information content (AvgIpc) is 2.91. The third kappa shape index (κ3) is 4.15. The molecule has 1 atom stereocenters. The summed E-state index contributed by atoms with van der Waals surface area (Å²) in [6.45, 7) is 2.96. The Bertz CT molecular complexity index is 464. The second-order valence-electron chi connectivity index (χ2n) is 4.72. The van der Waals surface area contributed by atoms with Gasteiger partial charge < -0.3 is 15.2 Å². The van der Waals surface area contributed by atoms with Crippen molar-refractivity contribution in [1.29, 1.82) is 0 Å². The summed E-state index contributed by atoms with van der Waals surface area (Å²) in [6, 6.07) is 5.85. The van der Waals surface area contributed by atoms with E-state index in [1.165, 1.54) is 11.1 Å². The Balaban J connectivity index is 1.70. The van der Waals surface area contributed by atoms with Crippen molar-refractivity contribution in [1.82, 2.24) is 0 Å². The van der Waals surface area contributed by atoms with Crippen molar-refractivity contribution in [2.24, 2.45) is 5.73 Å². The first kappa shape index (κ1) is 15.2. The van der Waals surface area contributed by atoms with Crippen LogP contribution in [0.5, 0.6) is 5.75 Å². The molecule has 0 saturated heterocycles. The molecule has 5 heteroatoms. The Hall–Kier alpha value is -1.20. The van der Waals surface area contributed by atoms with Crippen LogP contribution in [0.2, 0.25) is 0 Å². The smallest absolute Gasteiger partial charge is 0.323 e. The lowest BCUT2D eigenvalue weighted by Gasteiger charge is -2.10. The maximum atomic E-state index is 11.4. The minimum absolute atomic E-state index is 0.310. The molecule has 1 aliphatic rings. The van der Waals surface area contributed by atoms with Crippen molar-refractivity contribution in [3.63, 3.8) is 0 Å². The largest absolute Gasteiger partial charge is 0.493 e. The van der Waals surface area contributed by atoms with Gasteiger partial charge in [-0.2, -0.15) is 11.8 Å². The number of rotatable bonds is 7. The van der Waals surface area contributed by atoms with Crippen LogP contribution in [0.25, 0.3) is 0 Å². The molecule has 2 N–H and O–H groups in total. The summed E-state index contributed by atoms with van der Waals surface area (Å²) in [5.41, 5.74) is 8.36. The monoisotopic (exact) mass is 295 g/mol. The van der Waals surface area contributed by atoms with E-state index >= 15 is 0 Å². The molecule has 0 aliphatic carbocycles. The summed E-state index contributed by atoms with van der Waals surface area (Å²) in [5.74, 6) is 2.26. The van der Waals surface area contributed by atoms with Crippen molar-refractivity contribution >= 4 is 17.7 Å². The summed E-state index contributed by atoms with van der Waals surface area (Å²) in [6.07, 6.45) is 1.98. The number of esters is 1. The van der Waals surface area contributed by atoms with Gasteiger partial charge in [-0.15, -0.1) is 0 Å². The molecule has 1 aromatic rings. The number of hydrogen-bond acceptors (Lipinski definition) is 5. The predicted molar refractivity (Wildman–Crippen MR) is 81.3 cm³/mol. The zero-order valence-corrected chi connectivity index (χ0v) is 12.6. The molecule has 0 amide bonds. The molecule has 0 spiro atoms. The Kier molecular flexibility index (Phi) is 5.73. The first-order valence-corrected chi connectivity index (χ1v) is 8.10. The molecule has 0 fully saturated rings. The zero-order valence-electron chi connectivity index (χ0n) is 11.8. The zero-order chi connectivity index (χ0) is 14.4. The number of aryl methyl sites for hydroxylation is 1. The highest BCUT2D eigenvalue weighted by Gasteiger charge is 2.14. The van der Waals surface area contributed by atoms with Crippen molar-refractivity contribution in [3.8, 4) is 5.75 Å². The SMILES string of the molecule is CCOC(=O)C(N)CSCCc1ccc2c(c1)CCO2. The van der Waals surface area contributed by atoms with Gasteiger partial charge in [0.05, 0.1) is 13.2 Å². The summed E-state index contributed by atoms with van der Waals surface area (Å²) in [7, 11) is 0. The lowest BCUT2D eigenvalue weighted by molar-refractivity contribution is -0.144. The van der Waals surface area contributed by atoms with E-state index < -0.39 is 6.04 Å². The molecule has 1 heterocycles. The maximum absolute atomic E-state index is 11.4. The molecule has 20 heavy (non-hydrogen) atoms. The highest BCUT2D eigenvalue weighted by atomic mass is 32.2. The molecule has 0 radical (unpaired) electrons. The van der Waals surface area contributed by atoms with Crippen LogP contribution in [0.15, 0.2) is 18.2 Å². The second kappa shape index (κ2) is 7.55. The van der Waals surface area contributed by atoms with E-state index in [0.29, 0.717) is 12.4 Å². The quantitative estimate of drug-likeness (QED) is 0.614. The highest BCUT2D eigenvalue weighted by molar-refractivity contribution is 7.99. The van der Waals surface area contributed by atoms with Gasteiger partial charge in [-0.3, -0.25) is 4.79 Å². The van der Waals surface area contributed by atoms with Crippen LogP contribution in [0.4, 0.5) is 0 Å². The van der Waals surface area contributed by atoms with E-state index in [0.717, 1.165) is 31.0 Å². The maximum Gasteiger partial charge on any atom is 0.323 e. The van der Waals surface area contributed by atoms with Crippen molar-refractivity contribution < 1.29 is 14.3 Å². The number of fused-ring (bicyclic) bond motifs is 1. The molecular weight excluding hydrogens is 274 g/mol. The van der Waals surface area contributed by atoms with Gasteiger partial charge in [-0.1, -0.05) is 12.1 Å². The van der Waals surface area contributed by atoms with E-state index in [2.05, 4.69) is 12.1 Å². The lowest BCUT2D eigenvalue weighted by Crippen LogP contribution is -2.34. The average molecular weight is 295 g/mol. The number of hydrogen-bond donors (Lipinski definition) is 1. The van der Waals surface area contributed by atoms with Gasteiger partial charge in [-0.25, -0.2) is 0 Å². The summed E-state index contributed by atoms with van der Waals surface area (Å²) in [5, 5.41) is 0. The van der Waals surface area contributed by atoms with E-state index in [1.807, 2.05) is 6.07 Å². The van der Waals surface area contributed by atoms with Crippen molar-refractivity contribution in [2.45, 2.75) is 25.8 Å². The number of ether oxygens (including phenoxy) is 2. The molecule has 2 rings (SSSR count). The fourth-order valence-corrected chi connectivity index (χ4v) is 3.05. The summed E-state index contributed by atoms with van der Waals surface area (Å²) >= 11 is 1.69. The van der Waals surface area contributed by atoms with Crippen LogP contribution in [0, 0.1) is 0 Å². The van der Waals surface area contributed by atoms with Gasteiger partial charge in [0, 0.05) is 12.2 Å². The molecule has 4 nitrogen and oxygen atoms in total. The number of carbonyl (C=O) groups excluding carboxylic acids is 1. The van der Waals surface area contributed by atoms with Crippen LogP contribution in [-0.4, -0.2) is 36.7 Å². The van der Waals surface area contributed by atoms with Gasteiger partial charge in [0.25, 0.3) is 0 Å². The molecule has 0 saturated carbocycles. The second-order valence-corrected chi connectivity index (χ2v) is 5.87. The Morgan fingerprint density at radius 2 is 2.40 bits per heavy atom. The van der Waals surface area contributed by atoms with Crippen molar-refractivity contribution in [2.75, 3.05) is 24.7 Å². The molecule has 110 valence electrons. The summed E-state index contributed by atoms with van der Waals surface area (Å²) < 4.78 is 10.4. The summed E-state index contributed by atoms with van der Waals surface area (Å²) in [4.78, 5) is 11.4. The van der Waals surface area contributed by atoms with Gasteiger partial charge in [0.1, 0.15) is 11.8 Å². The number of nitrogens with two attached hydrogens (primary N) is 1. The number of thioether (sulfide) groups is 1. The third-order valence-corrected chi connectivity index (χ3v) is 4.26. The first-order chi connectivity index (χ1) is 9.70. The van der Waals surface area contributed by atoms with Crippen LogP contribution in [-0.2, 0) is 22.4 Å². The molecule has 1 unspecified atom stereocenters. The Labute approximate surface area is 124 Å². The van der Waals surface area contributed by atoms with E-state index in [1.54, 1.807) is 18.7 Å². The first-order valence-electron chi connectivity index (χ1n) is 6.95. The minimum Gasteiger partial charge on any atom is -0.493 e. The van der Waals surface area contributed by atoms with Gasteiger partial charge in [0.15, 0.2) is 0 Å². The van der Waals surface area contributed by atoms with E-state index in [4.69, 9.17) is 15.2 Å². The molecular formula is C15H21NO3S. The standard InChI is InChI=1S/C15H21NO3S/c1-2-18-15(17)13(16)10-20-8-6-11-3-4-14-12(9-11)5-7-19-14/h3-4,9,13H,2,5-8,10,16H2,1H3. The van der Waals surface area contributed by atoms with Crippen LogP contribution in [0.3, 0.4) is 0 Å². The fraction of sp³-hybridized carbons (Fsp3) is 0.533. The minimum atomic E-state index is -0.520. The highest BCUT2D eigenvalue weighted by Crippen LogP contribution is 2.26. The topological polar surface area (TPSA) is 61.5 Å². The number of benzene rings is 1. The number of carbonyl (C=O) groups is 1. The van der Waals surface area contributed by atoms with Gasteiger partial charge in [0.2, 0.25) is 0 Å². The fourth-order valence-electron chi connectivity index (χ4n) is 2.11. The molecule has 0 bridgehead atoms. The van der Waals surface area contributed by atoms with Crippen molar-refractivity contribution in [3.05, 3.63) is 29.3 Å². The lowest BCUT2D eigenvalue weighted by atomic mass is 10.1. The van der Waals surface area contributed by atoms with Crippen LogP contribution < -0.4 is 10.5 Å². The predicted octanol–water partition coefficient (Wildman–Crippen LogP) is 1.79. The third-order valence-electron chi connectivity index (χ3n) is 3.18. The van der Waals surface area contributed by atoms with Crippen LogP contribution >= 0.6 is 11.8 Å². The molecule has 1 aliphatic heterocycles. The molecule has 0 aromatic heterocycles. The molecule has 1 aromatic carbocycles. The Morgan fingerprint density at radius 3 is 3.20 bits per heavy atom. The van der Waals surface area contributed by atoms with Gasteiger partial charge >= 0.3 is 5.97 Å². The van der Waals surface area contributed by atoms with E-state index in [9.17, 15) is 4.79 Å².